The van der Waals surface area contributed by atoms with E-state index in [1.54, 1.807) is 10.2 Å². The summed E-state index contributed by atoms with van der Waals surface area (Å²) in [4.78, 5) is 5.11. The van der Waals surface area contributed by atoms with Crippen molar-refractivity contribution in [1.29, 1.82) is 0 Å². The fraction of sp³-hybridized carbons (Fsp3) is 0.133. The molecule has 2 heterocycles. The SMILES string of the molecule is Cc1ccc(S(=O)n2ccc3c(Br)cnc(C)c32)cc1. The van der Waals surface area contributed by atoms with Crippen LogP contribution in [0.25, 0.3) is 10.9 Å². The van der Waals surface area contributed by atoms with E-state index in [9.17, 15) is 4.21 Å². The van der Waals surface area contributed by atoms with Gasteiger partial charge in [-0.05, 0) is 48.0 Å². The van der Waals surface area contributed by atoms with Crippen LogP contribution in [0.2, 0.25) is 0 Å². The van der Waals surface area contributed by atoms with Gasteiger partial charge in [0.25, 0.3) is 0 Å². The predicted molar refractivity (Wildman–Crippen MR) is 85.2 cm³/mol. The molecule has 0 saturated heterocycles. The highest BCUT2D eigenvalue weighted by Crippen LogP contribution is 2.27. The molecule has 0 bridgehead atoms. The number of halogens is 1. The molecule has 5 heteroatoms. The lowest BCUT2D eigenvalue weighted by Gasteiger charge is -2.07. The van der Waals surface area contributed by atoms with E-state index in [0.29, 0.717) is 0 Å². The topological polar surface area (TPSA) is 34.9 Å². The number of pyridine rings is 1. The Morgan fingerprint density at radius 3 is 2.55 bits per heavy atom. The third-order valence-corrected chi connectivity index (χ3v) is 5.19. The summed E-state index contributed by atoms with van der Waals surface area (Å²) in [6, 6.07) is 9.70. The van der Waals surface area contributed by atoms with Gasteiger partial charge in [-0.25, -0.2) is 4.21 Å². The van der Waals surface area contributed by atoms with Crippen molar-refractivity contribution in [1.82, 2.24) is 8.96 Å². The van der Waals surface area contributed by atoms with Crippen molar-refractivity contribution < 1.29 is 4.21 Å². The third kappa shape index (κ3) is 2.21. The van der Waals surface area contributed by atoms with Gasteiger partial charge in [-0.15, -0.1) is 0 Å². The van der Waals surface area contributed by atoms with Crippen LogP contribution in [-0.2, 0) is 11.0 Å². The minimum absolute atomic E-state index is 0.785. The molecule has 0 aliphatic heterocycles. The van der Waals surface area contributed by atoms with Crippen LogP contribution < -0.4 is 0 Å². The van der Waals surface area contributed by atoms with Crippen molar-refractivity contribution in [3.8, 4) is 0 Å². The molecule has 2 aromatic heterocycles. The van der Waals surface area contributed by atoms with Gasteiger partial charge >= 0.3 is 0 Å². The summed E-state index contributed by atoms with van der Waals surface area (Å²) in [6.07, 6.45) is 3.62. The molecule has 0 radical (unpaired) electrons. The van der Waals surface area contributed by atoms with Crippen molar-refractivity contribution in [3.63, 3.8) is 0 Å². The normalized spacial score (nSPS) is 12.8. The molecule has 0 amide bonds. The molecular weight excluding hydrogens is 336 g/mol. The summed E-state index contributed by atoms with van der Waals surface area (Å²) in [5.74, 6) is 0. The highest BCUT2D eigenvalue weighted by molar-refractivity contribution is 9.10. The molecular formula is C15H13BrN2OS. The van der Waals surface area contributed by atoms with Gasteiger partial charge in [0.2, 0.25) is 0 Å². The Morgan fingerprint density at radius 2 is 1.85 bits per heavy atom. The Balaban J connectivity index is 2.17. The second-order valence-corrected chi connectivity index (χ2v) is 6.88. The van der Waals surface area contributed by atoms with Crippen molar-refractivity contribution in [2.45, 2.75) is 18.7 Å². The zero-order valence-electron chi connectivity index (χ0n) is 11.1. The zero-order chi connectivity index (χ0) is 14.3. The molecule has 0 N–H and O–H groups in total. The molecule has 3 aromatic rings. The molecule has 0 fully saturated rings. The Bertz CT molecular complexity index is 809. The van der Waals surface area contributed by atoms with E-state index in [-0.39, 0.29) is 0 Å². The van der Waals surface area contributed by atoms with E-state index in [4.69, 9.17) is 0 Å². The van der Waals surface area contributed by atoms with Crippen LogP contribution in [0.15, 0.2) is 52.1 Å². The largest absolute Gasteiger partial charge is 0.261 e. The van der Waals surface area contributed by atoms with Crippen molar-refractivity contribution >= 4 is 37.8 Å². The maximum Gasteiger partial charge on any atom is 0.157 e. The first kappa shape index (κ1) is 13.5. The molecule has 3 rings (SSSR count). The van der Waals surface area contributed by atoms with E-state index >= 15 is 0 Å². The number of nitrogens with zero attached hydrogens (tertiary/aromatic N) is 2. The van der Waals surface area contributed by atoms with Crippen LogP contribution in [0.1, 0.15) is 11.3 Å². The van der Waals surface area contributed by atoms with Gasteiger partial charge in [-0.1, -0.05) is 17.7 Å². The number of aryl methyl sites for hydroxylation is 2. The maximum absolute atomic E-state index is 12.7. The summed E-state index contributed by atoms with van der Waals surface area (Å²) in [6.45, 7) is 3.94. The molecule has 1 aromatic carbocycles. The van der Waals surface area contributed by atoms with Gasteiger partial charge in [0.15, 0.2) is 11.0 Å². The van der Waals surface area contributed by atoms with Crippen molar-refractivity contribution in [2.75, 3.05) is 0 Å². The molecule has 20 heavy (non-hydrogen) atoms. The number of hydrogen-bond acceptors (Lipinski definition) is 2. The van der Waals surface area contributed by atoms with Gasteiger partial charge in [0.1, 0.15) is 0 Å². The van der Waals surface area contributed by atoms with Crippen LogP contribution in [0.5, 0.6) is 0 Å². The summed E-state index contributed by atoms with van der Waals surface area (Å²) < 4.78 is 15.4. The van der Waals surface area contributed by atoms with Gasteiger partial charge in [-0.2, -0.15) is 0 Å². The first-order valence-electron chi connectivity index (χ1n) is 6.19. The molecule has 0 aliphatic carbocycles. The Hall–Kier alpha value is -1.46. The van der Waals surface area contributed by atoms with Crippen molar-refractivity contribution in [2.24, 2.45) is 0 Å². The monoisotopic (exact) mass is 348 g/mol. The number of benzene rings is 1. The second-order valence-electron chi connectivity index (χ2n) is 4.66. The lowest BCUT2D eigenvalue weighted by atomic mass is 10.2. The fourth-order valence-corrected chi connectivity index (χ4v) is 3.74. The zero-order valence-corrected chi connectivity index (χ0v) is 13.5. The second kappa shape index (κ2) is 5.14. The molecule has 3 nitrogen and oxygen atoms in total. The van der Waals surface area contributed by atoms with E-state index in [1.165, 1.54) is 0 Å². The van der Waals surface area contributed by atoms with Crippen molar-refractivity contribution in [3.05, 3.63) is 58.5 Å². The quantitative estimate of drug-likeness (QED) is 0.701. The van der Waals surface area contributed by atoms with Gasteiger partial charge in [0.05, 0.1) is 16.1 Å². The standard InChI is InChI=1S/C15H13BrN2OS/c1-10-3-5-12(6-4-10)20(19)18-8-7-13-14(16)9-17-11(2)15(13)18/h3-9H,1-2H3. The summed E-state index contributed by atoms with van der Waals surface area (Å²) in [5.41, 5.74) is 2.93. The third-order valence-electron chi connectivity index (χ3n) is 3.22. The lowest BCUT2D eigenvalue weighted by molar-refractivity contribution is 0.678. The van der Waals surface area contributed by atoms with E-state index < -0.39 is 11.0 Å². The smallest absolute Gasteiger partial charge is 0.157 e. The number of rotatable bonds is 2. The molecule has 0 spiro atoms. The first-order valence-corrected chi connectivity index (χ1v) is 8.09. The summed E-state index contributed by atoms with van der Waals surface area (Å²) in [7, 11) is -1.26. The van der Waals surface area contributed by atoms with E-state index in [1.807, 2.05) is 50.4 Å². The summed E-state index contributed by atoms with van der Waals surface area (Å²) in [5, 5.41) is 1.03. The van der Waals surface area contributed by atoms with Gasteiger partial charge < -0.3 is 0 Å². The maximum atomic E-state index is 12.7. The highest BCUT2D eigenvalue weighted by Gasteiger charge is 2.13. The highest BCUT2D eigenvalue weighted by atomic mass is 79.9. The predicted octanol–water partition coefficient (Wildman–Crippen LogP) is 3.99. The molecule has 102 valence electrons. The minimum atomic E-state index is -1.26. The number of fused-ring (bicyclic) bond motifs is 1. The first-order chi connectivity index (χ1) is 9.58. The van der Waals surface area contributed by atoms with E-state index in [2.05, 4.69) is 20.9 Å². The molecule has 1 atom stereocenters. The van der Waals surface area contributed by atoms with Crippen LogP contribution in [0.4, 0.5) is 0 Å². The van der Waals surface area contributed by atoms with Gasteiger partial charge in [-0.3, -0.25) is 8.96 Å². The minimum Gasteiger partial charge on any atom is -0.261 e. The fourth-order valence-electron chi connectivity index (χ4n) is 2.15. The molecule has 0 saturated carbocycles. The Morgan fingerprint density at radius 1 is 1.15 bits per heavy atom. The van der Waals surface area contributed by atoms with Crippen LogP contribution in [0.3, 0.4) is 0 Å². The number of hydrogen-bond donors (Lipinski definition) is 0. The van der Waals surface area contributed by atoms with Crippen LogP contribution >= 0.6 is 15.9 Å². The average molecular weight is 349 g/mol. The number of aromatic nitrogens is 2. The summed E-state index contributed by atoms with van der Waals surface area (Å²) >= 11 is 3.48. The Kier molecular flexibility index (Phi) is 3.48. The lowest BCUT2D eigenvalue weighted by Crippen LogP contribution is -2.04. The Labute approximate surface area is 128 Å². The van der Waals surface area contributed by atoms with E-state index in [0.717, 1.165) is 31.5 Å². The molecule has 0 aliphatic rings. The van der Waals surface area contributed by atoms with Crippen LogP contribution in [-0.4, -0.2) is 13.2 Å². The van der Waals surface area contributed by atoms with Crippen LogP contribution in [0, 0.1) is 13.8 Å². The average Bonchev–Trinajstić information content (AvgIpc) is 2.89. The van der Waals surface area contributed by atoms with Gasteiger partial charge in [0, 0.05) is 22.3 Å². The molecule has 1 unspecified atom stereocenters.